The standard InChI is InChI=1S/C8H2F4O4.C6H10O4S/c9-3-1(7(13)14)2(8(15)16)4(10)6(12)5(3)11;7-5(8)1-3-11-4-2-6(9)10/h(H,13,14)(H,15,16);1-4H2,(H,7,8)(H,9,10). The molecule has 8 nitrogen and oxygen atoms in total. The van der Waals surface area contributed by atoms with Crippen molar-refractivity contribution < 1.29 is 57.2 Å². The van der Waals surface area contributed by atoms with E-state index in [0.29, 0.717) is 11.5 Å². The molecule has 0 fully saturated rings. The van der Waals surface area contributed by atoms with E-state index in [0.717, 1.165) is 0 Å². The highest BCUT2D eigenvalue weighted by molar-refractivity contribution is 7.99. The van der Waals surface area contributed by atoms with Gasteiger partial charge in [-0.15, -0.1) is 0 Å². The van der Waals surface area contributed by atoms with Gasteiger partial charge in [-0.3, -0.25) is 9.59 Å². The minimum Gasteiger partial charge on any atom is -0.481 e. The monoisotopic (exact) mass is 416 g/mol. The van der Waals surface area contributed by atoms with Crippen LogP contribution in [0, 0.1) is 23.3 Å². The topological polar surface area (TPSA) is 149 Å². The molecule has 4 N–H and O–H groups in total. The molecule has 0 radical (unpaired) electrons. The fraction of sp³-hybridized carbons (Fsp3) is 0.286. The molecule has 0 aliphatic carbocycles. The predicted molar refractivity (Wildman–Crippen MR) is 82.0 cm³/mol. The number of rotatable bonds is 8. The molecule has 0 aliphatic heterocycles. The summed E-state index contributed by atoms with van der Waals surface area (Å²) >= 11 is 1.35. The smallest absolute Gasteiger partial charge is 0.339 e. The van der Waals surface area contributed by atoms with E-state index in [9.17, 15) is 36.7 Å². The third kappa shape index (κ3) is 7.52. The SMILES string of the molecule is O=C(O)CCSCCC(=O)O.O=C(O)c1c(F)c(F)c(F)c(F)c1C(=O)O. The van der Waals surface area contributed by atoms with Crippen LogP contribution in [0.3, 0.4) is 0 Å². The molecule has 0 saturated carbocycles. The average molecular weight is 416 g/mol. The summed E-state index contributed by atoms with van der Waals surface area (Å²) in [7, 11) is 0. The predicted octanol–water partition coefficient (Wildman–Crippen LogP) is 2.31. The van der Waals surface area contributed by atoms with Crippen LogP contribution in [0.15, 0.2) is 0 Å². The van der Waals surface area contributed by atoms with Gasteiger partial charge in [0.25, 0.3) is 0 Å². The van der Waals surface area contributed by atoms with Crippen LogP contribution in [0.1, 0.15) is 33.6 Å². The second kappa shape index (κ2) is 11.0. The molecule has 0 heterocycles. The van der Waals surface area contributed by atoms with Crippen molar-refractivity contribution in [1.82, 2.24) is 0 Å². The van der Waals surface area contributed by atoms with E-state index < -0.39 is 58.3 Å². The molecule has 0 aromatic heterocycles. The van der Waals surface area contributed by atoms with E-state index in [1.807, 2.05) is 0 Å². The number of thioether (sulfide) groups is 1. The van der Waals surface area contributed by atoms with Crippen molar-refractivity contribution in [3.05, 3.63) is 34.4 Å². The summed E-state index contributed by atoms with van der Waals surface area (Å²) < 4.78 is 51.0. The van der Waals surface area contributed by atoms with E-state index in [4.69, 9.17) is 20.4 Å². The molecule has 0 spiro atoms. The zero-order valence-electron chi connectivity index (χ0n) is 13.2. The first-order valence-corrected chi connectivity index (χ1v) is 7.91. The summed E-state index contributed by atoms with van der Waals surface area (Å²) in [6, 6.07) is 0. The zero-order valence-corrected chi connectivity index (χ0v) is 14.0. The van der Waals surface area contributed by atoms with Crippen molar-refractivity contribution in [2.75, 3.05) is 11.5 Å². The molecule has 0 amide bonds. The van der Waals surface area contributed by atoms with Crippen LogP contribution in [0.25, 0.3) is 0 Å². The van der Waals surface area contributed by atoms with Crippen LogP contribution in [-0.2, 0) is 9.59 Å². The molecule has 1 aromatic rings. The lowest BCUT2D eigenvalue weighted by Gasteiger charge is -2.06. The van der Waals surface area contributed by atoms with Crippen LogP contribution in [0.4, 0.5) is 17.6 Å². The lowest BCUT2D eigenvalue weighted by atomic mass is 10.1. The summed E-state index contributed by atoms with van der Waals surface area (Å²) in [5, 5.41) is 33.1. The Labute approximate surface area is 152 Å². The van der Waals surface area contributed by atoms with E-state index in [1.165, 1.54) is 11.8 Å². The highest BCUT2D eigenvalue weighted by atomic mass is 32.2. The lowest BCUT2D eigenvalue weighted by Crippen LogP contribution is -2.17. The van der Waals surface area contributed by atoms with Crippen molar-refractivity contribution >= 4 is 35.6 Å². The Hall–Kier alpha value is -2.83. The maximum Gasteiger partial charge on any atom is 0.339 e. The molecule has 1 rings (SSSR count). The number of carboxylic acid groups (broad SMARTS) is 4. The van der Waals surface area contributed by atoms with Gasteiger partial charge in [0.15, 0.2) is 23.3 Å². The van der Waals surface area contributed by atoms with E-state index >= 15 is 0 Å². The van der Waals surface area contributed by atoms with E-state index in [2.05, 4.69) is 0 Å². The minimum absolute atomic E-state index is 0.101. The Morgan fingerprint density at radius 3 is 1.15 bits per heavy atom. The summed E-state index contributed by atoms with van der Waals surface area (Å²) in [5.74, 6) is -14.4. The Morgan fingerprint density at radius 1 is 0.630 bits per heavy atom. The number of hydrogen-bond donors (Lipinski definition) is 4. The number of benzene rings is 1. The van der Waals surface area contributed by atoms with Gasteiger partial charge in [-0.1, -0.05) is 0 Å². The fourth-order valence-corrected chi connectivity index (χ4v) is 2.30. The molecule has 27 heavy (non-hydrogen) atoms. The molecule has 0 saturated heterocycles. The summed E-state index contributed by atoms with van der Waals surface area (Å²) in [6.07, 6.45) is 0.203. The maximum atomic E-state index is 12.9. The number of aliphatic carboxylic acids is 2. The van der Waals surface area contributed by atoms with Gasteiger partial charge in [-0.2, -0.15) is 11.8 Å². The second-order valence-corrected chi connectivity index (χ2v) is 5.74. The molecule has 0 aliphatic rings. The van der Waals surface area contributed by atoms with Gasteiger partial charge in [0.05, 0.1) is 12.8 Å². The normalized spacial score (nSPS) is 9.93. The highest BCUT2D eigenvalue weighted by Gasteiger charge is 2.32. The van der Waals surface area contributed by atoms with Gasteiger partial charge in [-0.05, 0) is 0 Å². The van der Waals surface area contributed by atoms with Crippen LogP contribution in [0.5, 0.6) is 0 Å². The first kappa shape index (κ1) is 24.2. The Bertz CT molecular complexity index is 692. The van der Waals surface area contributed by atoms with Gasteiger partial charge in [-0.25, -0.2) is 27.2 Å². The van der Waals surface area contributed by atoms with Crippen molar-refractivity contribution in [3.63, 3.8) is 0 Å². The first-order valence-electron chi connectivity index (χ1n) is 6.75. The third-order valence-electron chi connectivity index (χ3n) is 2.62. The van der Waals surface area contributed by atoms with Gasteiger partial charge in [0.1, 0.15) is 11.1 Å². The number of halogens is 4. The zero-order chi connectivity index (χ0) is 21.3. The summed E-state index contributed by atoms with van der Waals surface area (Å²) in [4.78, 5) is 40.7. The van der Waals surface area contributed by atoms with Gasteiger partial charge in [0, 0.05) is 11.5 Å². The van der Waals surface area contributed by atoms with E-state index in [-0.39, 0.29) is 12.8 Å². The molecule has 0 unspecified atom stereocenters. The van der Waals surface area contributed by atoms with Gasteiger partial charge in [0.2, 0.25) is 0 Å². The van der Waals surface area contributed by atoms with E-state index in [1.54, 1.807) is 0 Å². The molecule has 13 heteroatoms. The molecule has 150 valence electrons. The summed E-state index contributed by atoms with van der Waals surface area (Å²) in [6.45, 7) is 0. The van der Waals surface area contributed by atoms with Crippen LogP contribution in [0.2, 0.25) is 0 Å². The summed E-state index contributed by atoms with van der Waals surface area (Å²) in [5.41, 5.74) is -3.52. The fourth-order valence-electron chi connectivity index (χ4n) is 1.45. The van der Waals surface area contributed by atoms with Crippen molar-refractivity contribution in [2.24, 2.45) is 0 Å². The van der Waals surface area contributed by atoms with Gasteiger partial charge < -0.3 is 20.4 Å². The molecular formula is C14H12F4O8S. The van der Waals surface area contributed by atoms with Crippen LogP contribution in [-0.4, -0.2) is 55.8 Å². The van der Waals surface area contributed by atoms with Gasteiger partial charge >= 0.3 is 23.9 Å². The quantitative estimate of drug-likeness (QED) is 0.217. The lowest BCUT2D eigenvalue weighted by molar-refractivity contribution is -0.137. The Morgan fingerprint density at radius 2 is 0.926 bits per heavy atom. The van der Waals surface area contributed by atoms with Crippen molar-refractivity contribution in [2.45, 2.75) is 12.8 Å². The Balaban J connectivity index is 0.000000541. The Kier molecular flexibility index (Phi) is 9.85. The minimum atomic E-state index is -2.38. The van der Waals surface area contributed by atoms with Crippen LogP contribution < -0.4 is 0 Å². The molecule has 0 bridgehead atoms. The highest BCUT2D eigenvalue weighted by Crippen LogP contribution is 2.24. The van der Waals surface area contributed by atoms with Crippen molar-refractivity contribution in [3.8, 4) is 0 Å². The largest absolute Gasteiger partial charge is 0.481 e. The third-order valence-corrected chi connectivity index (χ3v) is 3.60. The number of carboxylic acids is 4. The van der Waals surface area contributed by atoms with Crippen LogP contribution >= 0.6 is 11.8 Å². The molecule has 0 atom stereocenters. The number of carbonyl (C=O) groups is 4. The molecule has 1 aromatic carbocycles. The van der Waals surface area contributed by atoms with Crippen molar-refractivity contribution in [1.29, 1.82) is 0 Å². The second-order valence-electron chi connectivity index (χ2n) is 4.52. The average Bonchev–Trinajstić information content (AvgIpc) is 2.55. The number of aromatic carboxylic acids is 2. The molecular weight excluding hydrogens is 404 g/mol. The number of hydrogen-bond acceptors (Lipinski definition) is 5. The first-order chi connectivity index (χ1) is 12.4. The maximum absolute atomic E-state index is 12.9.